The molecule has 2 aromatic rings. The summed E-state index contributed by atoms with van der Waals surface area (Å²) in [5.41, 5.74) is 2.76. The number of nitrogens with one attached hydrogen (secondary N) is 2. The second kappa shape index (κ2) is 5.55. The van der Waals surface area contributed by atoms with Gasteiger partial charge in [-0.3, -0.25) is 4.79 Å². The van der Waals surface area contributed by atoms with Crippen LogP contribution in [0.4, 0.5) is 0 Å². The molecule has 1 aromatic carbocycles. The van der Waals surface area contributed by atoms with Crippen LogP contribution in [-0.4, -0.2) is 17.4 Å². The average Bonchev–Trinajstić information content (AvgIpc) is 3.18. The molecule has 0 atom stereocenters. The molecule has 3 heteroatoms. The van der Waals surface area contributed by atoms with Gasteiger partial charge >= 0.3 is 0 Å². The summed E-state index contributed by atoms with van der Waals surface area (Å²) < 4.78 is 0. The van der Waals surface area contributed by atoms with Gasteiger partial charge in [0.05, 0.1) is 0 Å². The molecule has 21 heavy (non-hydrogen) atoms. The molecule has 3 rings (SSSR count). The van der Waals surface area contributed by atoms with Gasteiger partial charge in [0.1, 0.15) is 0 Å². The Morgan fingerprint density at radius 2 is 2.10 bits per heavy atom. The lowest BCUT2D eigenvalue weighted by Crippen LogP contribution is -2.32. The van der Waals surface area contributed by atoms with Gasteiger partial charge in [-0.2, -0.15) is 0 Å². The number of aryl methyl sites for hydroxylation is 1. The van der Waals surface area contributed by atoms with Crippen molar-refractivity contribution in [1.29, 1.82) is 0 Å². The minimum Gasteiger partial charge on any atom is -0.361 e. The van der Waals surface area contributed by atoms with Crippen molar-refractivity contribution in [2.24, 2.45) is 11.3 Å². The molecule has 1 aliphatic rings. The maximum Gasteiger partial charge on any atom is 0.220 e. The molecule has 0 aliphatic heterocycles. The lowest BCUT2D eigenvalue weighted by molar-refractivity contribution is -0.121. The first-order valence-corrected chi connectivity index (χ1v) is 7.92. The van der Waals surface area contributed by atoms with Crippen LogP contribution in [-0.2, 0) is 11.2 Å². The summed E-state index contributed by atoms with van der Waals surface area (Å²) in [4.78, 5) is 15.3. The lowest BCUT2D eigenvalue weighted by Gasteiger charge is -2.19. The largest absolute Gasteiger partial charge is 0.361 e. The molecule has 1 aliphatic carbocycles. The van der Waals surface area contributed by atoms with Gasteiger partial charge in [-0.15, -0.1) is 0 Å². The van der Waals surface area contributed by atoms with E-state index in [1.807, 2.05) is 18.3 Å². The number of rotatable bonds is 6. The number of aromatic nitrogens is 1. The van der Waals surface area contributed by atoms with Crippen molar-refractivity contribution < 1.29 is 4.79 Å². The molecule has 1 amide bonds. The minimum absolute atomic E-state index is 0.173. The predicted molar refractivity (Wildman–Crippen MR) is 86.1 cm³/mol. The summed E-state index contributed by atoms with van der Waals surface area (Å²) in [5, 5.41) is 4.36. The number of H-pyrrole nitrogens is 1. The summed E-state index contributed by atoms with van der Waals surface area (Å²) >= 11 is 0. The van der Waals surface area contributed by atoms with Gasteiger partial charge in [-0.25, -0.2) is 0 Å². The maximum atomic E-state index is 12.1. The van der Waals surface area contributed by atoms with Crippen molar-refractivity contribution in [1.82, 2.24) is 10.3 Å². The van der Waals surface area contributed by atoms with Crippen LogP contribution in [0.25, 0.3) is 10.9 Å². The van der Waals surface area contributed by atoms with Gasteiger partial charge in [-0.1, -0.05) is 32.0 Å². The van der Waals surface area contributed by atoms with Crippen LogP contribution < -0.4 is 5.32 Å². The second-order valence-corrected chi connectivity index (χ2v) is 6.65. The fourth-order valence-corrected chi connectivity index (χ4v) is 3.07. The van der Waals surface area contributed by atoms with Crippen LogP contribution >= 0.6 is 0 Å². The molecule has 3 nitrogen and oxygen atoms in total. The number of amides is 1. The van der Waals surface area contributed by atoms with Gasteiger partial charge in [0.15, 0.2) is 0 Å². The second-order valence-electron chi connectivity index (χ2n) is 6.65. The van der Waals surface area contributed by atoms with Crippen LogP contribution in [0.15, 0.2) is 30.5 Å². The molecular formula is C18H24N2O. The zero-order chi connectivity index (χ0) is 14.9. The van der Waals surface area contributed by atoms with E-state index in [4.69, 9.17) is 0 Å². The third kappa shape index (κ3) is 2.97. The van der Waals surface area contributed by atoms with Crippen LogP contribution in [0.3, 0.4) is 0 Å². The van der Waals surface area contributed by atoms with E-state index in [0.29, 0.717) is 17.8 Å². The van der Waals surface area contributed by atoms with Crippen LogP contribution in [0, 0.1) is 11.3 Å². The summed E-state index contributed by atoms with van der Waals surface area (Å²) in [6.45, 7) is 5.35. The molecule has 1 aromatic heterocycles. The van der Waals surface area contributed by atoms with E-state index in [-0.39, 0.29) is 5.91 Å². The Morgan fingerprint density at radius 1 is 1.33 bits per heavy atom. The number of aromatic amines is 1. The fourth-order valence-electron chi connectivity index (χ4n) is 3.07. The van der Waals surface area contributed by atoms with E-state index in [1.54, 1.807) is 0 Å². The van der Waals surface area contributed by atoms with E-state index in [2.05, 4.69) is 36.3 Å². The first-order chi connectivity index (χ1) is 10.1. The first-order valence-electron chi connectivity index (χ1n) is 7.92. The lowest BCUT2D eigenvalue weighted by atomic mass is 9.92. The summed E-state index contributed by atoms with van der Waals surface area (Å²) in [7, 11) is 0. The van der Waals surface area contributed by atoms with E-state index in [0.717, 1.165) is 18.5 Å². The Balaban J connectivity index is 1.52. The quantitative estimate of drug-likeness (QED) is 0.835. The van der Waals surface area contributed by atoms with Gasteiger partial charge in [0.2, 0.25) is 5.91 Å². The highest BCUT2D eigenvalue weighted by Crippen LogP contribution is 2.51. The molecule has 0 spiro atoms. The summed E-state index contributed by atoms with van der Waals surface area (Å²) in [6.07, 6.45) is 5.90. The molecule has 0 saturated heterocycles. The molecule has 0 bridgehead atoms. The third-order valence-corrected chi connectivity index (χ3v) is 5.05. The predicted octanol–water partition coefficient (Wildman–Crippen LogP) is 3.65. The standard InChI is InChI=1S/C18H24N2O/c1-13(2)18(9-10-18)12-20-17(21)8-7-14-11-19-16-6-4-3-5-15(14)16/h3-6,11,13,19H,7-10,12H2,1-2H3,(H,20,21). The van der Waals surface area contributed by atoms with Crippen LogP contribution in [0.1, 0.15) is 38.7 Å². The topological polar surface area (TPSA) is 44.9 Å². The number of carbonyl (C=O) groups excluding carboxylic acids is 1. The Morgan fingerprint density at radius 3 is 2.81 bits per heavy atom. The van der Waals surface area contributed by atoms with E-state index in [9.17, 15) is 4.79 Å². The smallest absolute Gasteiger partial charge is 0.220 e. The zero-order valence-corrected chi connectivity index (χ0v) is 12.9. The minimum atomic E-state index is 0.173. The summed E-state index contributed by atoms with van der Waals surface area (Å²) in [6, 6.07) is 8.24. The van der Waals surface area contributed by atoms with Crippen molar-refractivity contribution >= 4 is 16.8 Å². The Labute approximate surface area is 126 Å². The van der Waals surface area contributed by atoms with Crippen LogP contribution in [0.5, 0.6) is 0 Å². The average molecular weight is 284 g/mol. The van der Waals surface area contributed by atoms with Gasteiger partial charge in [0, 0.05) is 30.1 Å². The van der Waals surface area contributed by atoms with Crippen LogP contribution in [0.2, 0.25) is 0 Å². The number of fused-ring (bicyclic) bond motifs is 1. The molecule has 1 fully saturated rings. The van der Waals surface area contributed by atoms with Crippen molar-refractivity contribution in [3.63, 3.8) is 0 Å². The molecule has 112 valence electrons. The van der Waals surface area contributed by atoms with Crippen molar-refractivity contribution in [3.05, 3.63) is 36.0 Å². The normalized spacial score (nSPS) is 16.3. The zero-order valence-electron chi connectivity index (χ0n) is 12.9. The maximum absolute atomic E-state index is 12.1. The third-order valence-electron chi connectivity index (χ3n) is 5.05. The molecular weight excluding hydrogens is 260 g/mol. The molecule has 0 radical (unpaired) electrons. The number of hydrogen-bond donors (Lipinski definition) is 2. The Bertz CT molecular complexity index is 637. The number of para-hydroxylation sites is 1. The Kier molecular flexibility index (Phi) is 3.75. The van der Waals surface area contributed by atoms with Gasteiger partial charge in [0.25, 0.3) is 0 Å². The highest BCUT2D eigenvalue weighted by molar-refractivity contribution is 5.84. The fraction of sp³-hybridized carbons (Fsp3) is 0.500. The highest BCUT2D eigenvalue weighted by Gasteiger charge is 2.45. The number of carbonyl (C=O) groups is 1. The number of hydrogen-bond acceptors (Lipinski definition) is 1. The van der Waals surface area contributed by atoms with E-state index >= 15 is 0 Å². The summed E-state index contributed by atoms with van der Waals surface area (Å²) in [5.74, 6) is 0.832. The van der Waals surface area contributed by atoms with Crippen molar-refractivity contribution in [3.8, 4) is 0 Å². The van der Waals surface area contributed by atoms with E-state index in [1.165, 1.54) is 23.8 Å². The van der Waals surface area contributed by atoms with Gasteiger partial charge in [-0.05, 0) is 42.2 Å². The molecule has 0 unspecified atom stereocenters. The highest BCUT2D eigenvalue weighted by atomic mass is 16.1. The Hall–Kier alpha value is -1.77. The first kappa shape index (κ1) is 14.2. The number of benzene rings is 1. The monoisotopic (exact) mass is 284 g/mol. The van der Waals surface area contributed by atoms with Crippen molar-refractivity contribution in [2.75, 3.05) is 6.54 Å². The van der Waals surface area contributed by atoms with E-state index < -0.39 is 0 Å². The van der Waals surface area contributed by atoms with Gasteiger partial charge < -0.3 is 10.3 Å². The molecule has 1 heterocycles. The van der Waals surface area contributed by atoms with Crippen molar-refractivity contribution in [2.45, 2.75) is 39.5 Å². The molecule has 1 saturated carbocycles. The SMILES string of the molecule is CC(C)C1(CNC(=O)CCc2c[nH]c3ccccc23)CC1. The molecule has 2 N–H and O–H groups in total.